The van der Waals surface area contributed by atoms with Crippen molar-refractivity contribution in [3.8, 4) is 5.75 Å². The van der Waals surface area contributed by atoms with Crippen molar-refractivity contribution in [2.75, 3.05) is 20.2 Å². The molecule has 1 heterocycles. The number of hydrogen-bond acceptors (Lipinski definition) is 2. The summed E-state index contributed by atoms with van der Waals surface area (Å²) in [4.78, 5) is 0. The van der Waals surface area contributed by atoms with Crippen LogP contribution in [-0.2, 0) is 6.42 Å². The molecule has 0 aliphatic carbocycles. The van der Waals surface area contributed by atoms with Crippen LogP contribution in [0.1, 0.15) is 36.8 Å². The van der Waals surface area contributed by atoms with Crippen LogP contribution in [0.5, 0.6) is 5.75 Å². The van der Waals surface area contributed by atoms with Gasteiger partial charge in [0.15, 0.2) is 11.6 Å². The molecule has 0 spiro atoms. The summed E-state index contributed by atoms with van der Waals surface area (Å²) in [6.45, 7) is 4.03. The van der Waals surface area contributed by atoms with Crippen LogP contribution in [0, 0.1) is 5.82 Å². The summed E-state index contributed by atoms with van der Waals surface area (Å²) in [6, 6.07) is 3.68. The second-order valence-electron chi connectivity index (χ2n) is 4.60. The molecule has 1 aromatic carbocycles. The van der Waals surface area contributed by atoms with E-state index in [0.717, 1.165) is 43.5 Å². The predicted octanol–water partition coefficient (Wildman–Crippen LogP) is 2.86. The van der Waals surface area contributed by atoms with Gasteiger partial charge in [-0.3, -0.25) is 0 Å². The quantitative estimate of drug-likeness (QED) is 0.872. The van der Waals surface area contributed by atoms with Crippen LogP contribution in [0.2, 0.25) is 0 Å². The van der Waals surface area contributed by atoms with E-state index in [2.05, 4.69) is 11.4 Å². The second kappa shape index (κ2) is 5.50. The Bertz CT molecular complexity index is 386. The van der Waals surface area contributed by atoms with E-state index in [1.165, 1.54) is 0 Å². The van der Waals surface area contributed by atoms with E-state index in [9.17, 15) is 4.39 Å². The third kappa shape index (κ3) is 2.60. The maximum Gasteiger partial charge on any atom is 0.165 e. The molecular weight excluding hydrogens is 217 g/mol. The summed E-state index contributed by atoms with van der Waals surface area (Å²) < 4.78 is 19.1. The lowest BCUT2D eigenvalue weighted by Gasteiger charge is -2.25. The van der Waals surface area contributed by atoms with E-state index < -0.39 is 0 Å². The van der Waals surface area contributed by atoms with Crippen LogP contribution >= 0.6 is 0 Å². The minimum Gasteiger partial charge on any atom is -0.493 e. The highest BCUT2D eigenvalue weighted by Crippen LogP contribution is 2.34. The lowest BCUT2D eigenvalue weighted by molar-refractivity contribution is 0.368. The second-order valence-corrected chi connectivity index (χ2v) is 4.60. The highest BCUT2D eigenvalue weighted by atomic mass is 19.1. The molecule has 0 saturated carbocycles. The molecule has 1 atom stereocenters. The Morgan fingerprint density at radius 2 is 2.29 bits per heavy atom. The number of nitrogens with one attached hydrogen (secondary N) is 1. The molecule has 1 unspecified atom stereocenters. The van der Waals surface area contributed by atoms with Crippen LogP contribution in [0.3, 0.4) is 0 Å². The summed E-state index contributed by atoms with van der Waals surface area (Å²) in [5, 5.41) is 3.36. The predicted molar refractivity (Wildman–Crippen MR) is 67.2 cm³/mol. The van der Waals surface area contributed by atoms with Crippen LogP contribution < -0.4 is 10.1 Å². The van der Waals surface area contributed by atoms with Crippen molar-refractivity contribution in [3.05, 3.63) is 29.1 Å². The van der Waals surface area contributed by atoms with E-state index in [-0.39, 0.29) is 5.82 Å². The Morgan fingerprint density at radius 1 is 1.47 bits per heavy atom. The maximum absolute atomic E-state index is 13.9. The van der Waals surface area contributed by atoms with Gasteiger partial charge in [0.1, 0.15) is 0 Å². The average molecular weight is 237 g/mol. The number of methoxy groups -OCH3 is 1. The fraction of sp³-hybridized carbons (Fsp3) is 0.571. The van der Waals surface area contributed by atoms with Gasteiger partial charge in [-0.15, -0.1) is 0 Å². The van der Waals surface area contributed by atoms with Crippen molar-refractivity contribution in [2.24, 2.45) is 0 Å². The van der Waals surface area contributed by atoms with E-state index >= 15 is 0 Å². The lowest BCUT2D eigenvalue weighted by atomic mass is 9.89. The summed E-state index contributed by atoms with van der Waals surface area (Å²) in [5.41, 5.74) is 2.07. The molecule has 1 N–H and O–H groups in total. The van der Waals surface area contributed by atoms with E-state index in [0.29, 0.717) is 11.7 Å². The normalized spacial score (nSPS) is 20.3. The molecule has 2 nitrogen and oxygen atoms in total. The van der Waals surface area contributed by atoms with Crippen LogP contribution in [0.4, 0.5) is 4.39 Å². The number of ether oxygens (including phenoxy) is 1. The molecule has 2 rings (SSSR count). The molecule has 3 heteroatoms. The molecule has 0 radical (unpaired) electrons. The lowest BCUT2D eigenvalue weighted by Crippen LogP contribution is -2.28. The molecule has 1 aliphatic heterocycles. The third-order valence-electron chi connectivity index (χ3n) is 3.48. The van der Waals surface area contributed by atoms with Gasteiger partial charge in [0.25, 0.3) is 0 Å². The Kier molecular flexibility index (Phi) is 4.00. The smallest absolute Gasteiger partial charge is 0.165 e. The SMILES string of the molecule is CCc1cc(F)c(OC)c(C2CCCNC2)c1. The van der Waals surface area contributed by atoms with Gasteiger partial charge in [-0.25, -0.2) is 4.39 Å². The van der Waals surface area contributed by atoms with Crippen molar-refractivity contribution < 1.29 is 9.13 Å². The van der Waals surface area contributed by atoms with Crippen molar-refractivity contribution in [1.82, 2.24) is 5.32 Å². The average Bonchev–Trinajstić information content (AvgIpc) is 2.38. The zero-order chi connectivity index (χ0) is 12.3. The Balaban J connectivity index is 2.38. The minimum atomic E-state index is -0.229. The third-order valence-corrected chi connectivity index (χ3v) is 3.48. The fourth-order valence-electron chi connectivity index (χ4n) is 2.51. The van der Waals surface area contributed by atoms with E-state index in [1.807, 2.05) is 6.92 Å². The minimum absolute atomic E-state index is 0.229. The monoisotopic (exact) mass is 237 g/mol. The van der Waals surface area contributed by atoms with Crippen molar-refractivity contribution >= 4 is 0 Å². The standard InChI is InChI=1S/C14H20FNO/c1-3-10-7-12(11-5-4-6-16-9-11)14(17-2)13(15)8-10/h7-8,11,16H,3-6,9H2,1-2H3. The van der Waals surface area contributed by atoms with Gasteiger partial charge in [-0.1, -0.05) is 13.0 Å². The first-order chi connectivity index (χ1) is 8.26. The van der Waals surface area contributed by atoms with Crippen LogP contribution in [-0.4, -0.2) is 20.2 Å². The van der Waals surface area contributed by atoms with Crippen molar-refractivity contribution in [1.29, 1.82) is 0 Å². The van der Waals surface area contributed by atoms with Gasteiger partial charge in [0, 0.05) is 18.0 Å². The van der Waals surface area contributed by atoms with Gasteiger partial charge in [0.2, 0.25) is 0 Å². The number of rotatable bonds is 3. The molecule has 0 bridgehead atoms. The highest BCUT2D eigenvalue weighted by molar-refractivity contribution is 5.41. The highest BCUT2D eigenvalue weighted by Gasteiger charge is 2.21. The molecule has 1 fully saturated rings. The molecule has 0 amide bonds. The van der Waals surface area contributed by atoms with Gasteiger partial charge in [-0.05, 0) is 37.4 Å². The molecule has 94 valence electrons. The van der Waals surface area contributed by atoms with Gasteiger partial charge < -0.3 is 10.1 Å². The molecular formula is C14H20FNO. The number of benzene rings is 1. The van der Waals surface area contributed by atoms with Gasteiger partial charge >= 0.3 is 0 Å². The number of halogens is 1. The number of aryl methyl sites for hydroxylation is 1. The summed E-state index contributed by atoms with van der Waals surface area (Å²) in [7, 11) is 1.55. The van der Waals surface area contributed by atoms with E-state index in [1.54, 1.807) is 13.2 Å². The molecule has 17 heavy (non-hydrogen) atoms. The topological polar surface area (TPSA) is 21.3 Å². The Labute approximate surface area is 102 Å². The molecule has 1 aliphatic rings. The first kappa shape index (κ1) is 12.4. The first-order valence-corrected chi connectivity index (χ1v) is 6.33. The Morgan fingerprint density at radius 3 is 2.88 bits per heavy atom. The van der Waals surface area contributed by atoms with E-state index in [4.69, 9.17) is 4.74 Å². The molecule has 1 aromatic rings. The zero-order valence-corrected chi connectivity index (χ0v) is 10.6. The number of piperidine rings is 1. The first-order valence-electron chi connectivity index (χ1n) is 6.33. The summed E-state index contributed by atoms with van der Waals surface area (Å²) >= 11 is 0. The van der Waals surface area contributed by atoms with Gasteiger partial charge in [-0.2, -0.15) is 0 Å². The zero-order valence-electron chi connectivity index (χ0n) is 10.6. The summed E-state index contributed by atoms with van der Waals surface area (Å²) in [5.74, 6) is 0.572. The Hall–Kier alpha value is -1.09. The fourth-order valence-corrected chi connectivity index (χ4v) is 2.51. The van der Waals surface area contributed by atoms with Crippen molar-refractivity contribution in [2.45, 2.75) is 32.1 Å². The van der Waals surface area contributed by atoms with Crippen LogP contribution in [0.15, 0.2) is 12.1 Å². The number of hydrogen-bond donors (Lipinski definition) is 1. The van der Waals surface area contributed by atoms with Gasteiger partial charge in [0.05, 0.1) is 7.11 Å². The molecule has 0 aromatic heterocycles. The largest absolute Gasteiger partial charge is 0.493 e. The van der Waals surface area contributed by atoms with Crippen LogP contribution in [0.25, 0.3) is 0 Å². The maximum atomic E-state index is 13.9. The molecule has 1 saturated heterocycles. The summed E-state index contributed by atoms with van der Waals surface area (Å²) in [6.07, 6.45) is 3.11. The van der Waals surface area contributed by atoms with Crippen molar-refractivity contribution in [3.63, 3.8) is 0 Å².